The number of hydrogen-bond acceptors (Lipinski definition) is 4. The third-order valence-electron chi connectivity index (χ3n) is 3.33. The van der Waals surface area contributed by atoms with E-state index in [2.05, 4.69) is 25.4 Å². The third kappa shape index (κ3) is 6.02. The summed E-state index contributed by atoms with van der Waals surface area (Å²) in [5.41, 5.74) is 3.28. The van der Waals surface area contributed by atoms with E-state index in [9.17, 15) is 8.42 Å². The van der Waals surface area contributed by atoms with E-state index in [0.717, 1.165) is 23.2 Å². The van der Waals surface area contributed by atoms with Crippen LogP contribution in [0.3, 0.4) is 0 Å². The van der Waals surface area contributed by atoms with Gasteiger partial charge in [-0.3, -0.25) is 9.67 Å². The van der Waals surface area contributed by atoms with Gasteiger partial charge < -0.3 is 10.6 Å². The average Bonchev–Trinajstić information content (AvgIpc) is 2.66. The van der Waals surface area contributed by atoms with Gasteiger partial charge in [0.25, 0.3) is 0 Å². The fourth-order valence-corrected chi connectivity index (χ4v) is 2.53. The van der Waals surface area contributed by atoms with Crippen molar-refractivity contribution in [1.82, 2.24) is 25.1 Å². The molecule has 0 aliphatic heterocycles. The molecule has 0 aliphatic rings. The molecule has 1 rings (SSSR count). The first-order chi connectivity index (χ1) is 10.2. The first kappa shape index (κ1) is 18.4. The van der Waals surface area contributed by atoms with Gasteiger partial charge in [0.1, 0.15) is 0 Å². The Hall–Kier alpha value is -1.61. The topological polar surface area (TPSA) is 100 Å². The van der Waals surface area contributed by atoms with Gasteiger partial charge in [0, 0.05) is 45.0 Å². The van der Waals surface area contributed by atoms with Crippen molar-refractivity contribution >= 4 is 16.0 Å². The molecule has 0 aliphatic carbocycles. The number of nitrogens with zero attached hydrogens (tertiary/aromatic N) is 3. The van der Waals surface area contributed by atoms with E-state index in [1.54, 1.807) is 7.05 Å². The molecule has 0 bridgehead atoms. The van der Waals surface area contributed by atoms with Crippen molar-refractivity contribution in [3.8, 4) is 0 Å². The number of rotatable bonds is 7. The summed E-state index contributed by atoms with van der Waals surface area (Å²) in [7, 11) is 0.509. The maximum atomic E-state index is 10.9. The first-order valence-electron chi connectivity index (χ1n) is 7.13. The van der Waals surface area contributed by atoms with Crippen molar-refractivity contribution in [1.29, 1.82) is 0 Å². The molecule has 0 fully saturated rings. The molecule has 126 valence electrons. The molecule has 1 aromatic rings. The molecule has 22 heavy (non-hydrogen) atoms. The molecule has 0 unspecified atom stereocenters. The standard InChI is InChI=1S/C13H26N6O2S/c1-10-12(11(2)19(4)18-10)9-16-13(14-3)15-7-6-8-17-22(5,20)21/h17H,6-9H2,1-5H3,(H2,14,15,16). The quantitative estimate of drug-likeness (QED) is 0.360. The van der Waals surface area contributed by atoms with Gasteiger partial charge in [0.2, 0.25) is 10.0 Å². The summed E-state index contributed by atoms with van der Waals surface area (Å²) in [6.07, 6.45) is 1.83. The molecule has 0 atom stereocenters. The van der Waals surface area contributed by atoms with E-state index in [4.69, 9.17) is 0 Å². The summed E-state index contributed by atoms with van der Waals surface area (Å²) in [6, 6.07) is 0. The van der Waals surface area contributed by atoms with Crippen molar-refractivity contribution in [3.63, 3.8) is 0 Å². The molecule has 1 aromatic heterocycles. The summed E-state index contributed by atoms with van der Waals surface area (Å²) >= 11 is 0. The Labute approximate surface area is 132 Å². The summed E-state index contributed by atoms with van der Waals surface area (Å²) < 4.78 is 26.2. The molecule has 0 saturated carbocycles. The SMILES string of the molecule is CN=C(NCCCNS(C)(=O)=O)NCc1c(C)nn(C)c1C. The lowest BCUT2D eigenvalue weighted by Gasteiger charge is -2.12. The van der Waals surface area contributed by atoms with Crippen LogP contribution in [0.1, 0.15) is 23.4 Å². The predicted molar refractivity (Wildman–Crippen MR) is 88.3 cm³/mol. The van der Waals surface area contributed by atoms with E-state index in [1.807, 2.05) is 25.6 Å². The number of hydrogen-bond donors (Lipinski definition) is 3. The number of aromatic nitrogens is 2. The highest BCUT2D eigenvalue weighted by molar-refractivity contribution is 7.88. The Kier molecular flexibility index (Phi) is 6.82. The Morgan fingerprint density at radius 1 is 1.27 bits per heavy atom. The maximum absolute atomic E-state index is 10.9. The van der Waals surface area contributed by atoms with Gasteiger partial charge in [0.15, 0.2) is 5.96 Å². The van der Waals surface area contributed by atoms with Crippen molar-refractivity contribution in [2.24, 2.45) is 12.0 Å². The highest BCUT2D eigenvalue weighted by Crippen LogP contribution is 2.10. The first-order valence-corrected chi connectivity index (χ1v) is 9.02. The second-order valence-electron chi connectivity index (χ2n) is 5.15. The lowest BCUT2D eigenvalue weighted by Crippen LogP contribution is -2.38. The minimum atomic E-state index is -3.12. The van der Waals surface area contributed by atoms with Gasteiger partial charge in [-0.05, 0) is 20.3 Å². The van der Waals surface area contributed by atoms with E-state index < -0.39 is 10.0 Å². The molecule has 0 amide bonds. The molecular weight excluding hydrogens is 304 g/mol. The number of nitrogens with one attached hydrogen (secondary N) is 3. The van der Waals surface area contributed by atoms with Crippen LogP contribution in [0.4, 0.5) is 0 Å². The zero-order chi connectivity index (χ0) is 16.8. The van der Waals surface area contributed by atoms with Crippen molar-refractivity contribution in [3.05, 3.63) is 17.0 Å². The van der Waals surface area contributed by atoms with Crippen LogP contribution in [0.2, 0.25) is 0 Å². The van der Waals surface area contributed by atoms with Crippen LogP contribution in [-0.4, -0.2) is 50.6 Å². The fraction of sp³-hybridized carbons (Fsp3) is 0.692. The molecule has 0 spiro atoms. The molecule has 8 nitrogen and oxygen atoms in total. The van der Waals surface area contributed by atoms with Gasteiger partial charge in [-0.2, -0.15) is 5.10 Å². The lowest BCUT2D eigenvalue weighted by molar-refractivity contribution is 0.584. The molecule has 3 N–H and O–H groups in total. The zero-order valence-corrected chi connectivity index (χ0v) is 14.7. The maximum Gasteiger partial charge on any atom is 0.208 e. The van der Waals surface area contributed by atoms with Crippen LogP contribution in [0.25, 0.3) is 0 Å². The number of guanidine groups is 1. The van der Waals surface area contributed by atoms with E-state index >= 15 is 0 Å². The largest absolute Gasteiger partial charge is 0.356 e. The number of aryl methyl sites for hydroxylation is 2. The van der Waals surface area contributed by atoms with E-state index in [1.165, 1.54) is 0 Å². The highest BCUT2D eigenvalue weighted by atomic mass is 32.2. The summed E-state index contributed by atoms with van der Waals surface area (Å²) in [5, 5.41) is 10.8. The molecule has 0 radical (unpaired) electrons. The van der Waals surface area contributed by atoms with Gasteiger partial charge in [-0.25, -0.2) is 13.1 Å². The molecule has 0 saturated heterocycles. The molecular formula is C13H26N6O2S. The van der Waals surface area contributed by atoms with E-state index in [-0.39, 0.29) is 0 Å². The van der Waals surface area contributed by atoms with Crippen LogP contribution in [0.5, 0.6) is 0 Å². The monoisotopic (exact) mass is 330 g/mol. The van der Waals surface area contributed by atoms with Gasteiger partial charge in [-0.1, -0.05) is 0 Å². The number of aliphatic imine (C=N–C) groups is 1. The van der Waals surface area contributed by atoms with Crippen LogP contribution in [0.15, 0.2) is 4.99 Å². The van der Waals surface area contributed by atoms with Crippen molar-refractivity contribution in [2.75, 3.05) is 26.4 Å². The summed E-state index contributed by atoms with van der Waals surface area (Å²) in [5.74, 6) is 0.682. The van der Waals surface area contributed by atoms with Crippen LogP contribution >= 0.6 is 0 Å². The second-order valence-corrected chi connectivity index (χ2v) is 6.98. The van der Waals surface area contributed by atoms with Gasteiger partial charge >= 0.3 is 0 Å². The molecule has 1 heterocycles. The second kappa shape index (κ2) is 8.14. The molecule has 9 heteroatoms. The minimum absolute atomic E-state index is 0.406. The van der Waals surface area contributed by atoms with Gasteiger partial charge in [0.05, 0.1) is 11.9 Å². The molecule has 0 aromatic carbocycles. The fourth-order valence-electron chi connectivity index (χ4n) is 2.02. The summed E-state index contributed by atoms with van der Waals surface area (Å²) in [6.45, 7) is 5.70. The van der Waals surface area contributed by atoms with Gasteiger partial charge in [-0.15, -0.1) is 0 Å². The van der Waals surface area contributed by atoms with Crippen molar-refractivity contribution in [2.45, 2.75) is 26.8 Å². The lowest BCUT2D eigenvalue weighted by atomic mass is 10.2. The Morgan fingerprint density at radius 2 is 1.95 bits per heavy atom. The minimum Gasteiger partial charge on any atom is -0.356 e. The predicted octanol–water partition coefficient (Wildman–Crippen LogP) is -0.359. The van der Waals surface area contributed by atoms with Crippen molar-refractivity contribution < 1.29 is 8.42 Å². The normalized spacial score (nSPS) is 12.5. The van der Waals surface area contributed by atoms with Crippen LogP contribution < -0.4 is 15.4 Å². The average molecular weight is 330 g/mol. The van der Waals surface area contributed by atoms with E-state index in [0.29, 0.717) is 32.0 Å². The Balaban J connectivity index is 2.37. The Morgan fingerprint density at radius 3 is 2.45 bits per heavy atom. The summed E-state index contributed by atoms with van der Waals surface area (Å²) in [4.78, 5) is 4.14. The highest BCUT2D eigenvalue weighted by Gasteiger charge is 2.09. The zero-order valence-electron chi connectivity index (χ0n) is 13.9. The number of sulfonamides is 1. The smallest absolute Gasteiger partial charge is 0.208 e. The van der Waals surface area contributed by atoms with Crippen LogP contribution in [0, 0.1) is 13.8 Å². The Bertz CT molecular complexity index is 621. The third-order valence-corrected chi connectivity index (χ3v) is 4.05. The van der Waals surface area contributed by atoms with Crippen LogP contribution in [-0.2, 0) is 23.6 Å².